The SMILES string of the molecule is CC(C)(C)c1ccc2c(c1)N(c1ccc(C3=CCCc4c3sc3ccccc43)cc1)c1cc(C(C)(C)C)cc3c1B2c1ccc(C(C)(C)C)cc1N3c1ccc(-c2cccc3c2sc2ccccc23)cc1. The van der Waals surface area contributed by atoms with Gasteiger partial charge >= 0.3 is 0 Å². The smallest absolute Gasteiger partial charge is 0.252 e. The molecule has 10 aromatic rings. The third-order valence-electron chi connectivity index (χ3n) is 15.6. The summed E-state index contributed by atoms with van der Waals surface area (Å²) in [6.07, 6.45) is 4.64. The largest absolute Gasteiger partial charge is 0.311 e. The lowest BCUT2D eigenvalue weighted by Gasteiger charge is -2.45. The van der Waals surface area contributed by atoms with E-state index in [0.29, 0.717) is 0 Å². The van der Waals surface area contributed by atoms with Crippen LogP contribution in [0.1, 0.15) is 101 Å². The summed E-state index contributed by atoms with van der Waals surface area (Å²) in [5.41, 5.74) is 21.9. The number of thiophene rings is 2. The number of nitrogens with zero attached hydrogens (tertiary/aromatic N) is 2. The second kappa shape index (κ2) is 15.9. The molecule has 0 saturated carbocycles. The summed E-state index contributed by atoms with van der Waals surface area (Å²) in [5.74, 6) is 0. The first-order valence-corrected chi connectivity index (χ1v) is 27.1. The first-order valence-electron chi connectivity index (χ1n) is 25.5. The molecule has 5 heteroatoms. The molecule has 4 heterocycles. The second-order valence-corrected chi connectivity index (χ2v) is 25.4. The predicted octanol–water partition coefficient (Wildman–Crippen LogP) is 17.3. The normalized spacial score (nSPS) is 14.4. The van der Waals surface area contributed by atoms with Gasteiger partial charge in [-0.25, -0.2) is 0 Å². The molecule has 2 aromatic heterocycles. The van der Waals surface area contributed by atoms with Crippen molar-refractivity contribution in [2.45, 2.75) is 91.4 Å². The van der Waals surface area contributed by atoms with Gasteiger partial charge in [-0.05, 0) is 156 Å². The molecule has 0 amide bonds. The summed E-state index contributed by atoms with van der Waals surface area (Å²) in [7, 11) is 0. The summed E-state index contributed by atoms with van der Waals surface area (Å²) >= 11 is 3.85. The van der Waals surface area contributed by atoms with Gasteiger partial charge in [-0.2, -0.15) is 0 Å². The fourth-order valence-corrected chi connectivity index (χ4v) is 14.3. The highest BCUT2D eigenvalue weighted by molar-refractivity contribution is 7.26. The number of rotatable bonds is 4. The Morgan fingerprint density at radius 3 is 1.54 bits per heavy atom. The Kier molecular flexibility index (Phi) is 9.94. The minimum absolute atomic E-state index is 0.0315. The van der Waals surface area contributed by atoms with Crippen LogP contribution >= 0.6 is 22.7 Å². The van der Waals surface area contributed by atoms with Gasteiger partial charge in [-0.1, -0.05) is 172 Å². The first-order chi connectivity index (χ1) is 34.1. The van der Waals surface area contributed by atoms with Crippen molar-refractivity contribution in [2.75, 3.05) is 9.80 Å². The van der Waals surface area contributed by atoms with Gasteiger partial charge in [-0.3, -0.25) is 0 Å². The maximum atomic E-state index is 2.61. The van der Waals surface area contributed by atoms with Gasteiger partial charge in [0, 0.05) is 63.9 Å². The van der Waals surface area contributed by atoms with E-state index in [9.17, 15) is 0 Å². The van der Waals surface area contributed by atoms with Gasteiger partial charge in [0.05, 0.1) is 0 Å². The lowest BCUT2D eigenvalue weighted by atomic mass is 9.33. The molecule has 2 aliphatic heterocycles. The van der Waals surface area contributed by atoms with Crippen LogP contribution in [0.15, 0.2) is 170 Å². The maximum absolute atomic E-state index is 2.61. The van der Waals surface area contributed by atoms with Crippen LogP contribution < -0.4 is 26.2 Å². The van der Waals surface area contributed by atoms with Crippen molar-refractivity contribution in [2.24, 2.45) is 0 Å². The summed E-state index contributed by atoms with van der Waals surface area (Å²) in [4.78, 5) is 6.64. The Balaban J connectivity index is 1.02. The van der Waals surface area contributed by atoms with E-state index < -0.39 is 0 Å². The van der Waals surface area contributed by atoms with E-state index in [4.69, 9.17) is 0 Å². The summed E-state index contributed by atoms with van der Waals surface area (Å²) in [5, 5.41) is 4.07. The summed E-state index contributed by atoms with van der Waals surface area (Å²) in [6.45, 7) is 21.2. The molecule has 0 fully saturated rings. The molecule has 0 saturated heterocycles. The van der Waals surface area contributed by atoms with Crippen molar-refractivity contribution in [3.63, 3.8) is 0 Å². The molecule has 2 nitrogen and oxygen atoms in total. The summed E-state index contributed by atoms with van der Waals surface area (Å²) < 4.78 is 4.05. The molecule has 13 rings (SSSR count). The second-order valence-electron chi connectivity index (χ2n) is 23.3. The van der Waals surface area contributed by atoms with Crippen molar-refractivity contribution in [1.29, 1.82) is 0 Å². The van der Waals surface area contributed by atoms with Crippen LogP contribution in [-0.2, 0) is 22.7 Å². The maximum Gasteiger partial charge on any atom is 0.252 e. The van der Waals surface area contributed by atoms with E-state index in [1.807, 2.05) is 22.7 Å². The standard InChI is InChI=1S/C66H59BN2S2/c1-64(2,3)42-28-34-53-55(36-42)68(45-30-24-40(25-31-45)47-18-14-20-51-49-16-10-12-22-59(49)70-62(47)51)57-38-44(66(7,8)9)39-58-61(57)67(53)54-35-29-43(65(4,5)6)37-56(54)69(58)46-32-26-41(27-33-46)48-19-15-21-52-50-17-11-13-23-60(50)71-63(48)52/h10-14,16-20,22-39H,15,21H2,1-9H3. The van der Waals surface area contributed by atoms with Crippen LogP contribution in [0.5, 0.6) is 0 Å². The molecule has 71 heavy (non-hydrogen) atoms. The Hall–Kier alpha value is -6.66. The molecular weight excluding hydrogens is 896 g/mol. The van der Waals surface area contributed by atoms with Crippen LogP contribution in [0.4, 0.5) is 34.1 Å². The molecule has 0 N–H and O–H groups in total. The zero-order valence-electron chi connectivity index (χ0n) is 42.4. The van der Waals surface area contributed by atoms with Crippen LogP contribution in [0.2, 0.25) is 0 Å². The number of aryl methyl sites for hydroxylation is 1. The molecule has 0 spiro atoms. The van der Waals surface area contributed by atoms with E-state index in [2.05, 4.69) is 242 Å². The van der Waals surface area contributed by atoms with Gasteiger partial charge in [0.25, 0.3) is 6.71 Å². The fraction of sp³-hybridized carbons (Fsp3) is 0.212. The molecule has 0 atom stereocenters. The van der Waals surface area contributed by atoms with Crippen LogP contribution in [-0.4, -0.2) is 6.71 Å². The highest BCUT2D eigenvalue weighted by Gasteiger charge is 2.45. The van der Waals surface area contributed by atoms with E-state index in [0.717, 1.165) is 12.8 Å². The Morgan fingerprint density at radius 1 is 0.451 bits per heavy atom. The topological polar surface area (TPSA) is 6.48 Å². The minimum atomic E-state index is -0.120. The zero-order valence-corrected chi connectivity index (χ0v) is 44.0. The minimum Gasteiger partial charge on any atom is -0.311 e. The van der Waals surface area contributed by atoms with Gasteiger partial charge in [0.2, 0.25) is 0 Å². The van der Waals surface area contributed by atoms with Crippen molar-refractivity contribution in [3.05, 3.63) is 203 Å². The average Bonchev–Trinajstić information content (AvgIpc) is 3.94. The van der Waals surface area contributed by atoms with Gasteiger partial charge in [0.1, 0.15) is 0 Å². The number of hydrogen-bond acceptors (Lipinski definition) is 4. The highest BCUT2D eigenvalue weighted by atomic mass is 32.1. The molecule has 348 valence electrons. The van der Waals surface area contributed by atoms with E-state index in [-0.39, 0.29) is 23.0 Å². The average molecular weight is 955 g/mol. The first kappa shape index (κ1) is 44.3. The van der Waals surface area contributed by atoms with Crippen LogP contribution in [0.3, 0.4) is 0 Å². The summed E-state index contributed by atoms with van der Waals surface area (Å²) in [6, 6.07) is 63.4. The lowest BCUT2D eigenvalue weighted by molar-refractivity contribution is 0.590. The highest BCUT2D eigenvalue weighted by Crippen LogP contribution is 2.49. The van der Waals surface area contributed by atoms with Crippen molar-refractivity contribution < 1.29 is 0 Å². The van der Waals surface area contributed by atoms with Gasteiger partial charge < -0.3 is 9.80 Å². The number of anilines is 6. The Morgan fingerprint density at radius 2 is 0.958 bits per heavy atom. The Bertz CT molecular complexity index is 3830. The number of allylic oxidation sites excluding steroid dienone is 1. The fourth-order valence-electron chi connectivity index (χ4n) is 11.7. The quantitative estimate of drug-likeness (QED) is 0.162. The van der Waals surface area contributed by atoms with E-state index in [1.165, 1.54) is 130 Å². The predicted molar refractivity (Wildman–Crippen MR) is 312 cm³/mol. The van der Waals surface area contributed by atoms with Crippen LogP contribution in [0.25, 0.3) is 47.0 Å². The van der Waals surface area contributed by atoms with E-state index in [1.54, 1.807) is 0 Å². The zero-order chi connectivity index (χ0) is 48.7. The Labute approximate surface area is 428 Å². The van der Waals surface area contributed by atoms with Crippen molar-refractivity contribution in [3.8, 4) is 11.1 Å². The van der Waals surface area contributed by atoms with Gasteiger partial charge in [0.15, 0.2) is 0 Å². The molecule has 0 bridgehead atoms. The molecule has 8 aromatic carbocycles. The molecule has 3 aliphatic rings. The third-order valence-corrected chi connectivity index (χ3v) is 18.1. The third kappa shape index (κ3) is 7.09. The number of fused-ring (bicyclic) bond motifs is 10. The molecular formula is C66H59BN2S2. The number of benzene rings is 8. The van der Waals surface area contributed by atoms with Gasteiger partial charge in [-0.15, -0.1) is 22.7 Å². The molecule has 1 aliphatic carbocycles. The van der Waals surface area contributed by atoms with Crippen molar-refractivity contribution >= 4 is 116 Å². The van der Waals surface area contributed by atoms with Crippen LogP contribution in [0, 0.1) is 0 Å². The monoisotopic (exact) mass is 954 g/mol. The number of hydrogen-bond donors (Lipinski definition) is 0. The van der Waals surface area contributed by atoms with Crippen molar-refractivity contribution in [1.82, 2.24) is 0 Å². The molecule has 0 unspecified atom stereocenters. The van der Waals surface area contributed by atoms with E-state index >= 15 is 0 Å². The lowest BCUT2D eigenvalue weighted by Crippen LogP contribution is -2.61. The molecule has 0 radical (unpaired) electrons.